The summed E-state index contributed by atoms with van der Waals surface area (Å²) in [6, 6.07) is 15.4. The minimum atomic E-state index is -0.821. The summed E-state index contributed by atoms with van der Waals surface area (Å²) in [5, 5.41) is 10.1. The van der Waals surface area contributed by atoms with Crippen molar-refractivity contribution in [2.45, 2.75) is 38.8 Å². The van der Waals surface area contributed by atoms with E-state index in [9.17, 15) is 14.7 Å². The van der Waals surface area contributed by atoms with Gasteiger partial charge in [0.1, 0.15) is 0 Å². The smallest absolute Gasteiger partial charge is 0.410 e. The molecule has 1 N–H and O–H groups in total. The van der Waals surface area contributed by atoms with Gasteiger partial charge in [-0.05, 0) is 52.3 Å². The third kappa shape index (κ3) is 2.47. The summed E-state index contributed by atoms with van der Waals surface area (Å²) < 4.78 is 5.26. The lowest BCUT2D eigenvalue weighted by molar-refractivity contribution is -0.174. The maximum atomic E-state index is 13.3. The quantitative estimate of drug-likeness (QED) is 0.784. The Kier molecular flexibility index (Phi) is 4.21. The van der Waals surface area contributed by atoms with Crippen LogP contribution in [0, 0.1) is 23.2 Å². The molecule has 2 bridgehead atoms. The molecule has 0 unspecified atom stereocenters. The van der Waals surface area contributed by atoms with Crippen LogP contribution in [0.15, 0.2) is 48.5 Å². The van der Waals surface area contributed by atoms with Crippen molar-refractivity contribution in [3.63, 3.8) is 0 Å². The zero-order valence-electron chi connectivity index (χ0n) is 17.5. The Balaban J connectivity index is 1.69. The highest BCUT2D eigenvalue weighted by Crippen LogP contribution is 2.63. The minimum absolute atomic E-state index is 0.0144. The number of carboxylic acids is 1. The minimum Gasteiger partial charge on any atom is -0.481 e. The zero-order chi connectivity index (χ0) is 21.2. The number of hydrogen-bond acceptors (Lipinski definition) is 3. The highest BCUT2D eigenvalue weighted by Gasteiger charge is 2.62. The van der Waals surface area contributed by atoms with E-state index in [1.54, 1.807) is 4.90 Å². The Morgan fingerprint density at radius 1 is 1.00 bits per heavy atom. The summed E-state index contributed by atoms with van der Waals surface area (Å²) in [6.07, 6.45) is 1.11. The zero-order valence-corrected chi connectivity index (χ0v) is 17.5. The van der Waals surface area contributed by atoms with E-state index in [0.29, 0.717) is 12.3 Å². The summed E-state index contributed by atoms with van der Waals surface area (Å²) in [5.41, 5.74) is 4.28. The Labute approximate surface area is 176 Å². The van der Waals surface area contributed by atoms with Crippen molar-refractivity contribution in [1.82, 2.24) is 4.90 Å². The molecule has 3 saturated carbocycles. The SMILES string of the molecule is COC(=O)N(C1c2ccccc2-c2ccccc21)[C@@H]1[C@H](C(=O)O)C[C@@H]2C[C@@H]1C2(C)C. The summed E-state index contributed by atoms with van der Waals surface area (Å²) in [4.78, 5) is 27.3. The monoisotopic (exact) mass is 405 g/mol. The average molecular weight is 405 g/mol. The van der Waals surface area contributed by atoms with E-state index in [1.807, 2.05) is 36.4 Å². The molecule has 5 nitrogen and oxygen atoms in total. The molecule has 0 spiro atoms. The fourth-order valence-corrected chi connectivity index (χ4v) is 6.33. The van der Waals surface area contributed by atoms with Crippen LogP contribution in [0.2, 0.25) is 0 Å². The molecular formula is C25H27NO4. The van der Waals surface area contributed by atoms with Crippen LogP contribution in [0.25, 0.3) is 11.1 Å². The number of fused-ring (bicyclic) bond motifs is 5. The third-order valence-electron chi connectivity index (χ3n) is 8.01. The van der Waals surface area contributed by atoms with Gasteiger partial charge in [0.2, 0.25) is 0 Å². The third-order valence-corrected chi connectivity index (χ3v) is 8.01. The maximum Gasteiger partial charge on any atom is 0.410 e. The predicted molar refractivity (Wildman–Crippen MR) is 113 cm³/mol. The van der Waals surface area contributed by atoms with Crippen molar-refractivity contribution in [2.75, 3.05) is 7.11 Å². The molecule has 1 amide bonds. The van der Waals surface area contributed by atoms with Gasteiger partial charge in [-0.1, -0.05) is 62.4 Å². The van der Waals surface area contributed by atoms with Gasteiger partial charge in [0, 0.05) is 0 Å². The van der Waals surface area contributed by atoms with Crippen LogP contribution in [0.4, 0.5) is 4.79 Å². The van der Waals surface area contributed by atoms with Gasteiger partial charge in [-0.2, -0.15) is 0 Å². The first-order valence-electron chi connectivity index (χ1n) is 10.6. The van der Waals surface area contributed by atoms with Crippen LogP contribution in [-0.2, 0) is 9.53 Å². The Morgan fingerprint density at radius 2 is 1.57 bits per heavy atom. The van der Waals surface area contributed by atoms with E-state index in [-0.39, 0.29) is 17.4 Å². The lowest BCUT2D eigenvalue weighted by Crippen LogP contribution is -2.66. The summed E-state index contributed by atoms with van der Waals surface area (Å²) >= 11 is 0. The molecular weight excluding hydrogens is 378 g/mol. The first-order chi connectivity index (χ1) is 14.4. The number of carboxylic acid groups (broad SMARTS) is 1. The van der Waals surface area contributed by atoms with Gasteiger partial charge in [-0.15, -0.1) is 0 Å². The second-order valence-corrected chi connectivity index (χ2v) is 9.49. The molecule has 0 aliphatic heterocycles. The summed E-state index contributed by atoms with van der Waals surface area (Å²) in [5.74, 6) is -0.877. The van der Waals surface area contributed by atoms with E-state index >= 15 is 0 Å². The molecule has 0 saturated heterocycles. The molecule has 0 heterocycles. The molecule has 0 radical (unpaired) electrons. The number of amides is 1. The van der Waals surface area contributed by atoms with Crippen LogP contribution in [0.3, 0.4) is 0 Å². The van der Waals surface area contributed by atoms with E-state index in [2.05, 4.69) is 26.0 Å². The van der Waals surface area contributed by atoms with Crippen molar-refractivity contribution in [3.05, 3.63) is 59.7 Å². The van der Waals surface area contributed by atoms with Crippen LogP contribution in [0.5, 0.6) is 0 Å². The molecule has 3 fully saturated rings. The summed E-state index contributed by atoms with van der Waals surface area (Å²) in [6.45, 7) is 4.42. The van der Waals surface area contributed by atoms with E-state index in [4.69, 9.17) is 4.74 Å². The number of methoxy groups -OCH3 is 1. The van der Waals surface area contributed by atoms with Gasteiger partial charge in [-0.25, -0.2) is 4.79 Å². The number of ether oxygens (including phenoxy) is 1. The molecule has 30 heavy (non-hydrogen) atoms. The molecule has 5 heteroatoms. The number of carbonyl (C=O) groups is 2. The number of nitrogens with zero attached hydrogens (tertiary/aromatic N) is 1. The number of aliphatic carboxylic acids is 1. The topological polar surface area (TPSA) is 66.8 Å². The van der Waals surface area contributed by atoms with Crippen molar-refractivity contribution in [3.8, 4) is 11.1 Å². The maximum absolute atomic E-state index is 13.3. The number of benzene rings is 2. The molecule has 4 aliphatic carbocycles. The number of carbonyl (C=O) groups excluding carboxylic acids is 1. The second-order valence-electron chi connectivity index (χ2n) is 9.49. The highest BCUT2D eigenvalue weighted by molar-refractivity contribution is 5.82. The first-order valence-corrected chi connectivity index (χ1v) is 10.6. The standard InChI is InChI=1S/C25H27NO4/c1-25(2)14-12-19(23(27)28)22(20(25)13-14)26(24(29)30-3)21-17-10-6-4-8-15(17)16-9-5-7-11-18(16)21/h4-11,14,19-22H,12-13H2,1-3H3,(H,27,28)/t14-,19-,20+,22-/m1/s1. The van der Waals surface area contributed by atoms with Gasteiger partial charge < -0.3 is 9.84 Å². The number of hydrogen-bond donors (Lipinski definition) is 1. The Bertz CT molecular complexity index is 984. The molecule has 2 aromatic carbocycles. The Hall–Kier alpha value is -2.82. The van der Waals surface area contributed by atoms with Crippen LogP contribution in [-0.4, -0.2) is 35.2 Å². The molecule has 4 atom stereocenters. The summed E-state index contributed by atoms with van der Waals surface area (Å²) in [7, 11) is 1.38. The normalized spacial score (nSPS) is 28.1. The molecule has 156 valence electrons. The average Bonchev–Trinajstić information content (AvgIpc) is 3.08. The fraction of sp³-hybridized carbons (Fsp3) is 0.440. The van der Waals surface area contributed by atoms with E-state index in [1.165, 1.54) is 7.11 Å². The van der Waals surface area contributed by atoms with E-state index in [0.717, 1.165) is 28.7 Å². The predicted octanol–water partition coefficient (Wildman–Crippen LogP) is 4.96. The van der Waals surface area contributed by atoms with Crippen LogP contribution < -0.4 is 0 Å². The fourth-order valence-electron chi connectivity index (χ4n) is 6.33. The van der Waals surface area contributed by atoms with Crippen molar-refractivity contribution >= 4 is 12.1 Å². The van der Waals surface area contributed by atoms with E-state index < -0.39 is 24.0 Å². The highest BCUT2D eigenvalue weighted by atomic mass is 16.5. The molecule has 2 aromatic rings. The lowest BCUT2D eigenvalue weighted by atomic mass is 9.44. The van der Waals surface area contributed by atoms with Crippen LogP contribution in [0.1, 0.15) is 43.9 Å². The second kappa shape index (κ2) is 6.59. The Morgan fingerprint density at radius 3 is 2.07 bits per heavy atom. The number of rotatable bonds is 3. The van der Waals surface area contributed by atoms with Gasteiger partial charge >= 0.3 is 12.1 Å². The van der Waals surface area contributed by atoms with Crippen molar-refractivity contribution in [2.24, 2.45) is 23.2 Å². The van der Waals surface area contributed by atoms with Crippen molar-refractivity contribution in [1.29, 1.82) is 0 Å². The first kappa shape index (κ1) is 19.2. The molecule has 6 rings (SSSR count). The largest absolute Gasteiger partial charge is 0.481 e. The molecule has 4 aliphatic rings. The lowest BCUT2D eigenvalue weighted by Gasteiger charge is -2.63. The van der Waals surface area contributed by atoms with Gasteiger partial charge in [-0.3, -0.25) is 9.69 Å². The molecule has 0 aromatic heterocycles. The van der Waals surface area contributed by atoms with Crippen LogP contribution >= 0.6 is 0 Å². The van der Waals surface area contributed by atoms with Gasteiger partial charge in [0.25, 0.3) is 0 Å². The van der Waals surface area contributed by atoms with Gasteiger partial charge in [0.05, 0.1) is 25.1 Å². The van der Waals surface area contributed by atoms with Crippen molar-refractivity contribution < 1.29 is 19.4 Å². The van der Waals surface area contributed by atoms with Gasteiger partial charge in [0.15, 0.2) is 0 Å².